The second-order valence-corrected chi connectivity index (χ2v) is 5.64. The molecular formula is C16H26ClN2O-. The van der Waals surface area contributed by atoms with Gasteiger partial charge in [0.1, 0.15) is 12.4 Å². The second kappa shape index (κ2) is 8.50. The zero-order valence-corrected chi connectivity index (χ0v) is 13.5. The Labute approximate surface area is 129 Å². The van der Waals surface area contributed by atoms with Gasteiger partial charge in [-0.3, -0.25) is 4.90 Å². The summed E-state index contributed by atoms with van der Waals surface area (Å²) >= 11 is 0. The van der Waals surface area contributed by atoms with Crippen LogP contribution in [-0.4, -0.2) is 44.2 Å². The highest BCUT2D eigenvalue weighted by Crippen LogP contribution is 2.27. The average molecular weight is 298 g/mol. The molecule has 3 nitrogen and oxygen atoms in total. The smallest absolute Gasteiger partial charge is 0.123 e. The number of hydrogen-bond acceptors (Lipinski definition) is 3. The largest absolute Gasteiger partial charge is 1.00 e. The third-order valence-electron chi connectivity index (χ3n) is 3.67. The van der Waals surface area contributed by atoms with Crippen molar-refractivity contribution in [2.45, 2.75) is 26.7 Å². The summed E-state index contributed by atoms with van der Waals surface area (Å²) < 4.78 is 6.02. The molecule has 1 N–H and O–H groups in total. The van der Waals surface area contributed by atoms with Crippen molar-refractivity contribution in [3.05, 3.63) is 29.3 Å². The van der Waals surface area contributed by atoms with E-state index in [1.54, 1.807) is 0 Å². The van der Waals surface area contributed by atoms with Gasteiger partial charge in [-0.05, 0) is 30.0 Å². The Morgan fingerprint density at radius 2 is 1.95 bits per heavy atom. The molecule has 0 bridgehead atoms. The predicted octanol–water partition coefficient (Wildman–Crippen LogP) is -0.594. The van der Waals surface area contributed by atoms with Gasteiger partial charge in [0.15, 0.2) is 0 Å². The first-order valence-electron chi connectivity index (χ1n) is 7.33. The van der Waals surface area contributed by atoms with Crippen LogP contribution in [-0.2, 0) is 0 Å². The first kappa shape index (κ1) is 17.3. The summed E-state index contributed by atoms with van der Waals surface area (Å²) in [4.78, 5) is 2.46. The normalized spacial score (nSPS) is 16.0. The van der Waals surface area contributed by atoms with Gasteiger partial charge in [0.25, 0.3) is 0 Å². The summed E-state index contributed by atoms with van der Waals surface area (Å²) in [6, 6.07) is 6.52. The third-order valence-corrected chi connectivity index (χ3v) is 3.67. The zero-order valence-electron chi connectivity index (χ0n) is 12.8. The first-order valence-corrected chi connectivity index (χ1v) is 7.33. The summed E-state index contributed by atoms with van der Waals surface area (Å²) in [7, 11) is 0. The van der Waals surface area contributed by atoms with Gasteiger partial charge >= 0.3 is 0 Å². The Morgan fingerprint density at radius 3 is 2.60 bits per heavy atom. The monoisotopic (exact) mass is 297 g/mol. The molecule has 1 saturated heterocycles. The molecule has 0 unspecified atom stereocenters. The molecule has 1 aromatic carbocycles. The van der Waals surface area contributed by atoms with Gasteiger partial charge < -0.3 is 22.5 Å². The zero-order chi connectivity index (χ0) is 13.7. The standard InChI is InChI=1S/C16H26N2O.ClH/c1-13(2)15-5-4-14(3)12-16(15)19-11-10-18-8-6-17-7-9-18;/h4-5,12-13,17H,6-11H2,1-3H3;1H/p-1. The molecule has 0 radical (unpaired) electrons. The quantitative estimate of drug-likeness (QED) is 0.786. The van der Waals surface area contributed by atoms with Crippen LogP contribution in [0.25, 0.3) is 0 Å². The van der Waals surface area contributed by atoms with Crippen LogP contribution in [0.3, 0.4) is 0 Å². The van der Waals surface area contributed by atoms with Crippen molar-refractivity contribution < 1.29 is 17.1 Å². The van der Waals surface area contributed by atoms with E-state index < -0.39 is 0 Å². The lowest BCUT2D eigenvalue weighted by Crippen LogP contribution is -3.00. The van der Waals surface area contributed by atoms with E-state index in [0.29, 0.717) is 5.92 Å². The molecule has 0 aliphatic carbocycles. The van der Waals surface area contributed by atoms with E-state index in [2.05, 4.69) is 49.2 Å². The molecule has 2 rings (SSSR count). The minimum Gasteiger partial charge on any atom is -1.00 e. The Kier molecular flexibility index (Phi) is 7.35. The summed E-state index contributed by atoms with van der Waals surface area (Å²) in [6.07, 6.45) is 0. The van der Waals surface area contributed by atoms with Crippen molar-refractivity contribution in [1.29, 1.82) is 0 Å². The maximum absolute atomic E-state index is 6.02. The van der Waals surface area contributed by atoms with Crippen molar-refractivity contribution >= 4 is 0 Å². The molecule has 0 aromatic heterocycles. The lowest BCUT2D eigenvalue weighted by molar-refractivity contribution is -0.00000473. The fourth-order valence-corrected chi connectivity index (χ4v) is 2.46. The van der Waals surface area contributed by atoms with E-state index in [4.69, 9.17) is 4.74 Å². The predicted molar refractivity (Wildman–Crippen MR) is 80.1 cm³/mol. The topological polar surface area (TPSA) is 24.5 Å². The van der Waals surface area contributed by atoms with Crippen LogP contribution in [0.2, 0.25) is 0 Å². The molecule has 1 aliphatic rings. The fourth-order valence-electron chi connectivity index (χ4n) is 2.46. The van der Waals surface area contributed by atoms with E-state index >= 15 is 0 Å². The van der Waals surface area contributed by atoms with Gasteiger partial charge in [0.2, 0.25) is 0 Å². The second-order valence-electron chi connectivity index (χ2n) is 5.64. The molecule has 4 heteroatoms. The number of ether oxygens (including phenoxy) is 1. The van der Waals surface area contributed by atoms with Gasteiger partial charge in [0.05, 0.1) is 0 Å². The highest BCUT2D eigenvalue weighted by molar-refractivity contribution is 5.39. The summed E-state index contributed by atoms with van der Waals surface area (Å²) in [5.74, 6) is 1.57. The van der Waals surface area contributed by atoms with Gasteiger partial charge in [0, 0.05) is 32.7 Å². The Balaban J connectivity index is 0.00000200. The number of hydrogen-bond donors (Lipinski definition) is 1. The molecule has 0 amide bonds. The van der Waals surface area contributed by atoms with Crippen molar-refractivity contribution in [2.75, 3.05) is 39.3 Å². The van der Waals surface area contributed by atoms with Crippen LogP contribution >= 0.6 is 0 Å². The number of nitrogens with one attached hydrogen (secondary N) is 1. The van der Waals surface area contributed by atoms with Crippen molar-refractivity contribution in [1.82, 2.24) is 10.2 Å². The number of benzene rings is 1. The number of nitrogens with zero attached hydrogens (tertiary/aromatic N) is 1. The first-order chi connectivity index (χ1) is 9.16. The van der Waals surface area contributed by atoms with Gasteiger partial charge in [-0.25, -0.2) is 0 Å². The van der Waals surface area contributed by atoms with Crippen molar-refractivity contribution in [3.63, 3.8) is 0 Å². The molecule has 114 valence electrons. The van der Waals surface area contributed by atoms with E-state index in [0.717, 1.165) is 45.1 Å². The van der Waals surface area contributed by atoms with Gasteiger partial charge in [-0.1, -0.05) is 26.0 Å². The Morgan fingerprint density at radius 1 is 1.25 bits per heavy atom. The van der Waals surface area contributed by atoms with E-state index in [9.17, 15) is 0 Å². The number of halogens is 1. The van der Waals surface area contributed by atoms with E-state index in [1.807, 2.05) is 0 Å². The highest BCUT2D eigenvalue weighted by Gasteiger charge is 2.11. The maximum atomic E-state index is 6.02. The summed E-state index contributed by atoms with van der Waals surface area (Å²) in [5, 5.41) is 3.37. The summed E-state index contributed by atoms with van der Waals surface area (Å²) in [6.45, 7) is 12.8. The molecule has 0 atom stereocenters. The maximum Gasteiger partial charge on any atom is 0.123 e. The molecule has 1 aliphatic heterocycles. The SMILES string of the molecule is Cc1ccc(C(C)C)c(OCCN2CCNCC2)c1.[Cl-]. The average Bonchev–Trinajstić information content (AvgIpc) is 2.39. The fraction of sp³-hybridized carbons (Fsp3) is 0.625. The highest BCUT2D eigenvalue weighted by atomic mass is 35.5. The molecule has 1 aromatic rings. The molecule has 0 saturated carbocycles. The Bertz CT molecular complexity index is 403. The molecular weight excluding hydrogens is 272 g/mol. The van der Waals surface area contributed by atoms with Crippen molar-refractivity contribution in [2.24, 2.45) is 0 Å². The van der Waals surface area contributed by atoms with Crippen molar-refractivity contribution in [3.8, 4) is 5.75 Å². The van der Waals surface area contributed by atoms with E-state index in [-0.39, 0.29) is 12.4 Å². The van der Waals surface area contributed by atoms with Crippen LogP contribution in [0.4, 0.5) is 0 Å². The van der Waals surface area contributed by atoms with Gasteiger partial charge in [-0.15, -0.1) is 0 Å². The number of rotatable bonds is 5. The van der Waals surface area contributed by atoms with Crippen LogP contribution in [0, 0.1) is 6.92 Å². The summed E-state index contributed by atoms with van der Waals surface area (Å²) in [5.41, 5.74) is 2.58. The minimum atomic E-state index is 0. The van der Waals surface area contributed by atoms with Gasteiger partial charge in [-0.2, -0.15) is 0 Å². The van der Waals surface area contributed by atoms with E-state index in [1.165, 1.54) is 11.1 Å². The molecule has 0 spiro atoms. The number of aryl methyl sites for hydroxylation is 1. The number of piperazine rings is 1. The Hall–Kier alpha value is -0.770. The minimum absolute atomic E-state index is 0. The third kappa shape index (κ3) is 4.97. The molecule has 1 fully saturated rings. The van der Waals surface area contributed by atoms with Crippen LogP contribution in [0.15, 0.2) is 18.2 Å². The molecule has 1 heterocycles. The lowest BCUT2D eigenvalue weighted by atomic mass is 10.0. The van der Waals surface area contributed by atoms with Crippen LogP contribution in [0.1, 0.15) is 30.9 Å². The lowest BCUT2D eigenvalue weighted by Gasteiger charge is -2.27. The molecule has 20 heavy (non-hydrogen) atoms. The van der Waals surface area contributed by atoms with Crippen LogP contribution in [0.5, 0.6) is 5.75 Å². The van der Waals surface area contributed by atoms with Crippen LogP contribution < -0.4 is 22.5 Å².